The molecule has 1 saturated heterocycles. The van der Waals surface area contributed by atoms with Gasteiger partial charge in [0, 0.05) is 18.6 Å². The van der Waals surface area contributed by atoms with Crippen molar-refractivity contribution in [2.45, 2.75) is 77.5 Å². The summed E-state index contributed by atoms with van der Waals surface area (Å²) >= 11 is 0. The number of amides is 1. The van der Waals surface area contributed by atoms with Crippen molar-refractivity contribution in [2.75, 3.05) is 13.1 Å². The number of likely N-dealkylation sites (tertiary alicyclic amines) is 1. The van der Waals surface area contributed by atoms with Crippen LogP contribution in [0.2, 0.25) is 0 Å². The van der Waals surface area contributed by atoms with Crippen LogP contribution in [0.25, 0.3) is 0 Å². The van der Waals surface area contributed by atoms with Crippen LogP contribution in [0.1, 0.15) is 59.8 Å². The van der Waals surface area contributed by atoms with Gasteiger partial charge in [0.15, 0.2) is 0 Å². The summed E-state index contributed by atoms with van der Waals surface area (Å²) in [7, 11) is 0. The van der Waals surface area contributed by atoms with Crippen molar-refractivity contribution in [1.29, 1.82) is 0 Å². The summed E-state index contributed by atoms with van der Waals surface area (Å²) in [5.41, 5.74) is -0.398. The van der Waals surface area contributed by atoms with Gasteiger partial charge in [-0.25, -0.2) is 4.79 Å². The van der Waals surface area contributed by atoms with E-state index in [1.54, 1.807) is 0 Å². The van der Waals surface area contributed by atoms with Gasteiger partial charge in [0.05, 0.1) is 0 Å². The number of nitrogens with one attached hydrogen (secondary N) is 1. The second kappa shape index (κ2) is 6.33. The van der Waals surface area contributed by atoms with E-state index >= 15 is 0 Å². The normalized spacial score (nSPS) is 30.2. The summed E-state index contributed by atoms with van der Waals surface area (Å²) in [6, 6.07) is 1.07. The monoisotopic (exact) mass is 282 g/mol. The molecule has 0 aromatic carbocycles. The third-order valence-electron chi connectivity index (χ3n) is 4.29. The number of rotatable bonds is 4. The van der Waals surface area contributed by atoms with Gasteiger partial charge in [-0.2, -0.15) is 0 Å². The largest absolute Gasteiger partial charge is 0.444 e. The quantitative estimate of drug-likeness (QED) is 0.861. The maximum atomic E-state index is 12.2. The van der Waals surface area contributed by atoms with Crippen molar-refractivity contribution in [3.8, 4) is 0 Å². The smallest absolute Gasteiger partial charge is 0.410 e. The maximum Gasteiger partial charge on any atom is 0.410 e. The fraction of sp³-hybridized carbons (Fsp3) is 0.938. The minimum Gasteiger partial charge on any atom is -0.444 e. The van der Waals surface area contributed by atoms with Crippen molar-refractivity contribution < 1.29 is 9.53 Å². The predicted octanol–water partition coefficient (Wildman–Crippen LogP) is 3.16. The van der Waals surface area contributed by atoms with E-state index in [4.69, 9.17) is 4.74 Å². The summed E-state index contributed by atoms with van der Waals surface area (Å²) in [5, 5.41) is 3.61. The lowest BCUT2D eigenvalue weighted by molar-refractivity contribution is 0.0219. The summed E-state index contributed by atoms with van der Waals surface area (Å²) < 4.78 is 5.49. The summed E-state index contributed by atoms with van der Waals surface area (Å²) in [6.07, 6.45) is 5.73. The Hall–Kier alpha value is -0.770. The molecular formula is C16H30N2O2. The van der Waals surface area contributed by atoms with Gasteiger partial charge >= 0.3 is 6.09 Å². The van der Waals surface area contributed by atoms with Crippen LogP contribution in [0.5, 0.6) is 0 Å². The number of hydrogen-bond acceptors (Lipinski definition) is 3. The van der Waals surface area contributed by atoms with Crippen molar-refractivity contribution in [1.82, 2.24) is 10.2 Å². The second-order valence-electron chi connectivity index (χ2n) is 7.49. The first-order chi connectivity index (χ1) is 9.35. The van der Waals surface area contributed by atoms with Crippen LogP contribution >= 0.6 is 0 Å². The van der Waals surface area contributed by atoms with Crippen LogP contribution in [0.3, 0.4) is 0 Å². The summed E-state index contributed by atoms with van der Waals surface area (Å²) in [5.74, 6) is 0.886. The lowest BCUT2D eigenvalue weighted by Gasteiger charge is -2.34. The molecule has 0 aromatic heterocycles. The minimum absolute atomic E-state index is 0.141. The van der Waals surface area contributed by atoms with Gasteiger partial charge in [-0.1, -0.05) is 6.92 Å². The van der Waals surface area contributed by atoms with Gasteiger partial charge in [0.1, 0.15) is 5.60 Å². The van der Waals surface area contributed by atoms with Crippen molar-refractivity contribution >= 4 is 6.09 Å². The molecule has 0 aromatic rings. The van der Waals surface area contributed by atoms with Crippen LogP contribution in [-0.4, -0.2) is 41.8 Å². The van der Waals surface area contributed by atoms with Gasteiger partial charge in [-0.3, -0.25) is 0 Å². The molecule has 0 bridgehead atoms. The molecule has 116 valence electrons. The molecule has 0 spiro atoms. The summed E-state index contributed by atoms with van der Waals surface area (Å²) in [4.78, 5) is 14.1. The molecule has 1 saturated carbocycles. The number of ether oxygens (including phenoxy) is 1. The first kappa shape index (κ1) is 15.6. The first-order valence-electron chi connectivity index (χ1n) is 8.08. The molecule has 1 aliphatic heterocycles. The van der Waals surface area contributed by atoms with Crippen molar-refractivity contribution in [3.05, 3.63) is 0 Å². The van der Waals surface area contributed by atoms with Gasteiger partial charge < -0.3 is 15.0 Å². The Balaban J connectivity index is 1.71. The zero-order valence-corrected chi connectivity index (χ0v) is 13.4. The van der Waals surface area contributed by atoms with E-state index in [0.717, 1.165) is 38.3 Å². The average Bonchev–Trinajstić information content (AvgIpc) is 2.72. The van der Waals surface area contributed by atoms with Crippen molar-refractivity contribution in [3.63, 3.8) is 0 Å². The highest BCUT2D eigenvalue weighted by molar-refractivity contribution is 5.68. The third-order valence-corrected chi connectivity index (χ3v) is 4.29. The Morgan fingerprint density at radius 3 is 2.65 bits per heavy atom. The van der Waals surface area contributed by atoms with E-state index in [1.165, 1.54) is 12.8 Å². The maximum absolute atomic E-state index is 12.2. The van der Waals surface area contributed by atoms with Crippen LogP contribution in [0.15, 0.2) is 0 Å². The van der Waals surface area contributed by atoms with E-state index in [1.807, 2.05) is 25.7 Å². The molecule has 1 aliphatic carbocycles. The molecule has 4 nitrogen and oxygen atoms in total. The van der Waals surface area contributed by atoms with Crippen LogP contribution in [0, 0.1) is 5.92 Å². The Morgan fingerprint density at radius 1 is 1.35 bits per heavy atom. The van der Waals surface area contributed by atoms with Crippen LogP contribution in [0.4, 0.5) is 4.79 Å². The molecule has 0 radical (unpaired) electrons. The molecule has 1 amide bonds. The third kappa shape index (κ3) is 4.37. The Kier molecular flexibility index (Phi) is 4.95. The van der Waals surface area contributed by atoms with E-state index in [9.17, 15) is 4.79 Å². The zero-order chi connectivity index (χ0) is 14.8. The highest BCUT2D eigenvalue weighted by atomic mass is 16.6. The molecular weight excluding hydrogens is 252 g/mol. The topological polar surface area (TPSA) is 41.6 Å². The molecule has 2 fully saturated rings. The number of carbonyl (C=O) groups is 1. The van der Waals surface area contributed by atoms with E-state index in [2.05, 4.69) is 12.2 Å². The molecule has 1 N–H and O–H groups in total. The molecule has 2 rings (SSSR count). The predicted molar refractivity (Wildman–Crippen MR) is 80.8 cm³/mol. The zero-order valence-electron chi connectivity index (χ0n) is 13.4. The fourth-order valence-electron chi connectivity index (χ4n) is 3.22. The van der Waals surface area contributed by atoms with Gasteiger partial charge in [0.2, 0.25) is 0 Å². The molecule has 1 atom stereocenters. The standard InChI is InChI=1S/C16H30N2O2/c1-12-10-13(11-12)17-8-7-14-6-5-9-18(14)15(19)20-16(2,3)4/h12-14,17H,5-11H2,1-4H3. The first-order valence-corrected chi connectivity index (χ1v) is 8.08. The van der Waals surface area contributed by atoms with E-state index in [0.29, 0.717) is 12.1 Å². The number of hydrogen-bond donors (Lipinski definition) is 1. The van der Waals surface area contributed by atoms with Crippen molar-refractivity contribution in [2.24, 2.45) is 5.92 Å². The second-order valence-corrected chi connectivity index (χ2v) is 7.49. The lowest BCUT2D eigenvalue weighted by Crippen LogP contribution is -2.44. The molecule has 1 unspecified atom stereocenters. The molecule has 1 heterocycles. The highest BCUT2D eigenvalue weighted by Crippen LogP contribution is 2.27. The average molecular weight is 282 g/mol. The fourth-order valence-corrected chi connectivity index (χ4v) is 3.22. The van der Waals surface area contributed by atoms with Crippen LogP contribution in [-0.2, 0) is 4.74 Å². The Labute approximate surface area is 123 Å². The van der Waals surface area contributed by atoms with Gasteiger partial charge in [0.25, 0.3) is 0 Å². The Bertz CT molecular complexity index is 332. The van der Waals surface area contributed by atoms with Gasteiger partial charge in [-0.05, 0) is 65.3 Å². The number of nitrogens with zero attached hydrogens (tertiary/aromatic N) is 1. The van der Waals surface area contributed by atoms with E-state index in [-0.39, 0.29) is 6.09 Å². The number of carbonyl (C=O) groups excluding carboxylic acids is 1. The minimum atomic E-state index is -0.398. The van der Waals surface area contributed by atoms with Gasteiger partial charge in [-0.15, -0.1) is 0 Å². The highest BCUT2D eigenvalue weighted by Gasteiger charge is 2.32. The Morgan fingerprint density at radius 2 is 2.05 bits per heavy atom. The summed E-state index contributed by atoms with van der Waals surface area (Å²) in [6.45, 7) is 9.95. The molecule has 20 heavy (non-hydrogen) atoms. The molecule has 4 heteroatoms. The molecule has 2 aliphatic rings. The van der Waals surface area contributed by atoms with E-state index < -0.39 is 5.60 Å². The van der Waals surface area contributed by atoms with Crippen LogP contribution < -0.4 is 5.32 Å². The lowest BCUT2D eigenvalue weighted by atomic mass is 9.82. The SMILES string of the molecule is CC1CC(NCCC2CCCN2C(=O)OC(C)(C)C)C1.